The van der Waals surface area contributed by atoms with Crippen molar-refractivity contribution in [3.8, 4) is 0 Å². The van der Waals surface area contributed by atoms with Crippen molar-refractivity contribution in [2.45, 2.75) is 84.2 Å². The average molecular weight is 378 g/mol. The molecule has 0 bridgehead atoms. The molecule has 0 aliphatic carbocycles. The quantitative estimate of drug-likeness (QED) is 0.707. The predicted molar refractivity (Wildman–Crippen MR) is 108 cm³/mol. The number of nitrogens with zero attached hydrogens (tertiary/aromatic N) is 2. The molecule has 5 atom stereocenters. The lowest BCUT2D eigenvalue weighted by atomic mass is 9.96. The van der Waals surface area contributed by atoms with Crippen LogP contribution in [0.4, 0.5) is 0 Å². The Labute approximate surface area is 165 Å². The first-order valence-electron chi connectivity index (χ1n) is 11.3. The molecule has 0 spiro atoms. The van der Waals surface area contributed by atoms with Crippen molar-refractivity contribution in [1.82, 2.24) is 15.1 Å². The highest BCUT2D eigenvalue weighted by Gasteiger charge is 2.36. The molecule has 3 saturated heterocycles. The fraction of sp³-hybridized carbons (Fsp3) is 0.909. The van der Waals surface area contributed by atoms with Gasteiger partial charge in [0.1, 0.15) is 0 Å². The Balaban J connectivity index is 1.41. The second-order valence-corrected chi connectivity index (χ2v) is 9.34. The molecule has 27 heavy (non-hydrogen) atoms. The molecule has 3 aliphatic heterocycles. The van der Waals surface area contributed by atoms with E-state index in [1.165, 1.54) is 12.8 Å². The van der Waals surface area contributed by atoms with E-state index in [0.717, 1.165) is 64.7 Å². The molecule has 3 fully saturated rings. The van der Waals surface area contributed by atoms with Gasteiger partial charge in [-0.1, -0.05) is 33.6 Å². The molecule has 5 heteroatoms. The number of carbonyl (C=O) groups excluding carboxylic acids is 2. The van der Waals surface area contributed by atoms with Gasteiger partial charge in [-0.2, -0.15) is 0 Å². The van der Waals surface area contributed by atoms with Crippen molar-refractivity contribution in [2.75, 3.05) is 26.2 Å². The molecule has 1 N–H and O–H groups in total. The maximum absolute atomic E-state index is 12.8. The molecule has 0 aromatic rings. The summed E-state index contributed by atoms with van der Waals surface area (Å²) in [5.74, 6) is 2.13. The van der Waals surface area contributed by atoms with E-state index in [1.807, 2.05) is 0 Å². The average Bonchev–Trinajstić information content (AvgIpc) is 3.19. The fourth-order valence-corrected chi connectivity index (χ4v) is 5.16. The summed E-state index contributed by atoms with van der Waals surface area (Å²) in [5.41, 5.74) is 0. The van der Waals surface area contributed by atoms with Crippen LogP contribution in [-0.2, 0) is 9.59 Å². The van der Waals surface area contributed by atoms with Gasteiger partial charge in [-0.3, -0.25) is 9.59 Å². The van der Waals surface area contributed by atoms with Crippen molar-refractivity contribution in [2.24, 2.45) is 17.8 Å². The Hall–Kier alpha value is -1.10. The van der Waals surface area contributed by atoms with Gasteiger partial charge in [0.2, 0.25) is 11.8 Å². The molecule has 0 radical (unpaired) electrons. The summed E-state index contributed by atoms with van der Waals surface area (Å²) in [6.07, 6.45) is 8.89. The largest absolute Gasteiger partial charge is 0.341 e. The van der Waals surface area contributed by atoms with E-state index in [-0.39, 0.29) is 12.0 Å². The molecule has 5 unspecified atom stereocenters. The third-order valence-electron chi connectivity index (χ3n) is 6.92. The van der Waals surface area contributed by atoms with E-state index in [2.05, 4.69) is 35.9 Å². The third kappa shape index (κ3) is 5.04. The van der Waals surface area contributed by atoms with Gasteiger partial charge in [0, 0.05) is 31.6 Å². The molecule has 0 saturated carbocycles. The zero-order chi connectivity index (χ0) is 19.4. The maximum Gasteiger partial charge on any atom is 0.239 e. The van der Waals surface area contributed by atoms with E-state index in [4.69, 9.17) is 0 Å². The molecule has 2 amide bonds. The first-order valence-corrected chi connectivity index (χ1v) is 11.3. The van der Waals surface area contributed by atoms with Gasteiger partial charge in [-0.15, -0.1) is 0 Å². The second kappa shape index (κ2) is 9.40. The lowest BCUT2D eigenvalue weighted by Crippen LogP contribution is -2.53. The van der Waals surface area contributed by atoms with Crippen LogP contribution in [0, 0.1) is 17.8 Å². The minimum absolute atomic E-state index is 0.0911. The van der Waals surface area contributed by atoms with Crippen LogP contribution in [0.5, 0.6) is 0 Å². The van der Waals surface area contributed by atoms with Crippen LogP contribution < -0.4 is 5.32 Å². The summed E-state index contributed by atoms with van der Waals surface area (Å²) in [6.45, 7) is 10.3. The lowest BCUT2D eigenvalue weighted by Gasteiger charge is -2.30. The highest BCUT2D eigenvalue weighted by molar-refractivity contribution is 5.83. The Bertz CT molecular complexity index is 520. The number of amides is 2. The Morgan fingerprint density at radius 3 is 2.63 bits per heavy atom. The van der Waals surface area contributed by atoms with Gasteiger partial charge in [0.05, 0.1) is 6.04 Å². The smallest absolute Gasteiger partial charge is 0.239 e. The second-order valence-electron chi connectivity index (χ2n) is 9.34. The van der Waals surface area contributed by atoms with Crippen molar-refractivity contribution in [3.05, 3.63) is 0 Å². The number of hydrogen-bond acceptors (Lipinski definition) is 3. The van der Waals surface area contributed by atoms with E-state index in [9.17, 15) is 9.59 Å². The monoisotopic (exact) mass is 377 g/mol. The molecule has 3 rings (SSSR count). The highest BCUT2D eigenvalue weighted by atomic mass is 16.2. The molecule has 3 heterocycles. The molecule has 3 aliphatic rings. The van der Waals surface area contributed by atoms with Crippen LogP contribution >= 0.6 is 0 Å². The van der Waals surface area contributed by atoms with Crippen LogP contribution in [0.25, 0.3) is 0 Å². The molecular formula is C22H39N3O2. The standard InChI is InChI=1S/C22H39N3O2/c1-4-6-17(3)21(26)25-14-16(2)13-19(25)8-5-7-18-10-12-24(15-18)22(27)20-9-11-23-20/h16-20,23H,4-15H2,1-3H3. The van der Waals surface area contributed by atoms with Crippen LogP contribution in [0.2, 0.25) is 0 Å². The summed E-state index contributed by atoms with van der Waals surface area (Å²) in [7, 11) is 0. The van der Waals surface area contributed by atoms with Crippen molar-refractivity contribution in [3.63, 3.8) is 0 Å². The van der Waals surface area contributed by atoms with Crippen molar-refractivity contribution < 1.29 is 9.59 Å². The van der Waals surface area contributed by atoms with Gasteiger partial charge in [0.15, 0.2) is 0 Å². The first kappa shape index (κ1) is 20.6. The summed E-state index contributed by atoms with van der Waals surface area (Å²) in [4.78, 5) is 29.4. The number of rotatable bonds is 8. The zero-order valence-corrected chi connectivity index (χ0v) is 17.6. The number of carbonyl (C=O) groups is 2. The van der Waals surface area contributed by atoms with Gasteiger partial charge in [-0.25, -0.2) is 0 Å². The van der Waals surface area contributed by atoms with Gasteiger partial charge in [-0.05, 0) is 56.9 Å². The summed E-state index contributed by atoms with van der Waals surface area (Å²) >= 11 is 0. The summed E-state index contributed by atoms with van der Waals surface area (Å²) in [5, 5.41) is 3.23. The SMILES string of the molecule is CCCC(C)C(=O)N1CC(C)CC1CCCC1CCN(C(=O)C2CCN2)C1. The topological polar surface area (TPSA) is 52.7 Å². The minimum atomic E-state index is 0.0911. The third-order valence-corrected chi connectivity index (χ3v) is 6.92. The van der Waals surface area contributed by atoms with E-state index in [1.54, 1.807) is 0 Å². The Morgan fingerprint density at radius 1 is 1.19 bits per heavy atom. The van der Waals surface area contributed by atoms with Crippen molar-refractivity contribution >= 4 is 11.8 Å². The Kier molecular flexibility index (Phi) is 7.18. The molecule has 0 aromatic heterocycles. The van der Waals surface area contributed by atoms with Crippen LogP contribution in [0.15, 0.2) is 0 Å². The Morgan fingerprint density at radius 2 is 1.96 bits per heavy atom. The van der Waals surface area contributed by atoms with Crippen LogP contribution in [0.3, 0.4) is 0 Å². The van der Waals surface area contributed by atoms with Crippen molar-refractivity contribution in [1.29, 1.82) is 0 Å². The molecule has 154 valence electrons. The van der Waals surface area contributed by atoms with Gasteiger partial charge in [0.25, 0.3) is 0 Å². The minimum Gasteiger partial charge on any atom is -0.341 e. The zero-order valence-electron chi connectivity index (χ0n) is 17.6. The fourth-order valence-electron chi connectivity index (χ4n) is 5.16. The summed E-state index contributed by atoms with van der Waals surface area (Å²) < 4.78 is 0. The molecule has 0 aromatic carbocycles. The maximum atomic E-state index is 12.8. The van der Waals surface area contributed by atoms with Gasteiger partial charge < -0.3 is 15.1 Å². The van der Waals surface area contributed by atoms with Gasteiger partial charge >= 0.3 is 0 Å². The normalized spacial score (nSPS) is 31.8. The summed E-state index contributed by atoms with van der Waals surface area (Å²) in [6, 6.07) is 0.526. The predicted octanol–water partition coefficient (Wildman–Crippen LogP) is 3.04. The van der Waals surface area contributed by atoms with E-state index < -0.39 is 0 Å². The first-order chi connectivity index (χ1) is 13.0. The number of hydrogen-bond donors (Lipinski definition) is 1. The lowest BCUT2D eigenvalue weighted by molar-refractivity contribution is -0.136. The van der Waals surface area contributed by atoms with E-state index >= 15 is 0 Å². The molecule has 5 nitrogen and oxygen atoms in total. The number of nitrogens with one attached hydrogen (secondary N) is 1. The highest BCUT2D eigenvalue weighted by Crippen LogP contribution is 2.30. The van der Waals surface area contributed by atoms with E-state index in [0.29, 0.717) is 29.7 Å². The molecular weight excluding hydrogens is 338 g/mol. The van der Waals surface area contributed by atoms with Crippen LogP contribution in [-0.4, -0.2) is 59.9 Å². The van der Waals surface area contributed by atoms with Crippen LogP contribution in [0.1, 0.15) is 72.1 Å². The number of likely N-dealkylation sites (tertiary alicyclic amines) is 2.